The van der Waals surface area contributed by atoms with E-state index in [1.54, 1.807) is 26.2 Å². The minimum atomic E-state index is -0.815. The second kappa shape index (κ2) is 4.76. The van der Waals surface area contributed by atoms with Crippen LogP contribution >= 0.6 is 0 Å². The lowest BCUT2D eigenvalue weighted by atomic mass is 10.1. The van der Waals surface area contributed by atoms with Gasteiger partial charge in [-0.15, -0.1) is 6.42 Å². The third-order valence-corrected chi connectivity index (χ3v) is 3.28. The zero-order chi connectivity index (χ0) is 15.0. The molecule has 0 saturated heterocycles. The first-order valence-corrected chi connectivity index (χ1v) is 6.65. The normalized spacial score (nSPS) is 11.7. The van der Waals surface area contributed by atoms with Crippen LogP contribution in [-0.4, -0.2) is 30.5 Å². The minimum Gasteiger partial charge on any atom is -0.389 e. The van der Waals surface area contributed by atoms with Gasteiger partial charge in [-0.05, 0) is 19.9 Å². The molecule has 0 saturated carbocycles. The molecule has 5 nitrogen and oxygen atoms in total. The molecule has 21 heavy (non-hydrogen) atoms. The van der Waals surface area contributed by atoms with Crippen LogP contribution in [0.4, 0.5) is 0 Å². The molecular weight excluding hydrogens is 264 g/mol. The third-order valence-electron chi connectivity index (χ3n) is 3.28. The second-order valence-corrected chi connectivity index (χ2v) is 5.70. The Morgan fingerprint density at radius 1 is 1.43 bits per heavy atom. The summed E-state index contributed by atoms with van der Waals surface area (Å²) in [6, 6.07) is 1.89. The number of nitrogens with zero attached hydrogens (tertiary/aromatic N) is 3. The van der Waals surface area contributed by atoms with Gasteiger partial charge in [0.1, 0.15) is 5.69 Å². The number of hydrogen-bond acceptors (Lipinski definition) is 3. The van der Waals surface area contributed by atoms with Crippen LogP contribution in [0.1, 0.15) is 19.5 Å². The first-order chi connectivity index (χ1) is 9.98. The number of aromatic nitrogens is 4. The number of H-pyrrole nitrogens is 1. The molecule has 0 radical (unpaired) electrons. The summed E-state index contributed by atoms with van der Waals surface area (Å²) in [6.07, 6.45) is 12.8. The van der Waals surface area contributed by atoms with Crippen molar-refractivity contribution in [1.82, 2.24) is 19.7 Å². The lowest BCUT2D eigenvalue weighted by Crippen LogP contribution is -2.25. The molecule has 3 heterocycles. The maximum absolute atomic E-state index is 10.1. The molecule has 0 aliphatic rings. The number of pyridine rings is 1. The van der Waals surface area contributed by atoms with E-state index in [1.807, 2.05) is 23.0 Å². The number of rotatable bonds is 3. The second-order valence-electron chi connectivity index (χ2n) is 5.70. The van der Waals surface area contributed by atoms with Gasteiger partial charge in [-0.3, -0.25) is 5.10 Å². The van der Waals surface area contributed by atoms with Crippen LogP contribution in [0.3, 0.4) is 0 Å². The molecule has 0 amide bonds. The largest absolute Gasteiger partial charge is 0.389 e. The summed E-state index contributed by atoms with van der Waals surface area (Å²) in [4.78, 5) is 4.25. The zero-order valence-electron chi connectivity index (χ0n) is 12.0. The van der Waals surface area contributed by atoms with Gasteiger partial charge in [0.05, 0.1) is 30.1 Å². The standard InChI is InChI=1S/C16H16N4O/c1-4-12-5-13-14(11-6-18-19-7-11)9-20(10-16(2,3)21)15(13)8-17-12/h1,5-9,21H,10H2,2-3H3,(H,18,19). The molecule has 5 heteroatoms. The molecule has 0 unspecified atom stereocenters. The highest BCUT2D eigenvalue weighted by Gasteiger charge is 2.18. The summed E-state index contributed by atoms with van der Waals surface area (Å²) in [5.41, 5.74) is 2.70. The first kappa shape index (κ1) is 13.4. The van der Waals surface area contributed by atoms with E-state index in [-0.39, 0.29) is 0 Å². The van der Waals surface area contributed by atoms with Crippen LogP contribution in [0, 0.1) is 12.3 Å². The van der Waals surface area contributed by atoms with Crippen LogP contribution < -0.4 is 0 Å². The summed E-state index contributed by atoms with van der Waals surface area (Å²) < 4.78 is 1.99. The van der Waals surface area contributed by atoms with Gasteiger partial charge in [-0.2, -0.15) is 5.10 Å². The van der Waals surface area contributed by atoms with Crippen molar-refractivity contribution in [3.63, 3.8) is 0 Å². The molecule has 0 aliphatic carbocycles. The summed E-state index contributed by atoms with van der Waals surface area (Å²) in [7, 11) is 0. The Balaban J connectivity index is 2.24. The molecular formula is C16H16N4O. The van der Waals surface area contributed by atoms with Gasteiger partial charge >= 0.3 is 0 Å². The van der Waals surface area contributed by atoms with Crippen molar-refractivity contribution in [2.24, 2.45) is 0 Å². The Bertz CT molecular complexity index is 816. The van der Waals surface area contributed by atoms with E-state index in [1.165, 1.54) is 0 Å². The van der Waals surface area contributed by atoms with Crippen molar-refractivity contribution in [2.75, 3.05) is 0 Å². The van der Waals surface area contributed by atoms with Gasteiger partial charge in [0.2, 0.25) is 0 Å². The summed E-state index contributed by atoms with van der Waals surface area (Å²) in [6.45, 7) is 4.03. The zero-order valence-corrected chi connectivity index (χ0v) is 12.0. The molecule has 106 valence electrons. The molecule has 0 bridgehead atoms. The van der Waals surface area contributed by atoms with Crippen molar-refractivity contribution in [2.45, 2.75) is 26.0 Å². The maximum atomic E-state index is 10.1. The minimum absolute atomic E-state index is 0.471. The van der Waals surface area contributed by atoms with Crippen molar-refractivity contribution < 1.29 is 5.11 Å². The van der Waals surface area contributed by atoms with Crippen LogP contribution in [0.5, 0.6) is 0 Å². The van der Waals surface area contributed by atoms with Gasteiger partial charge in [0, 0.05) is 28.9 Å². The van der Waals surface area contributed by atoms with E-state index in [4.69, 9.17) is 6.42 Å². The lowest BCUT2D eigenvalue weighted by molar-refractivity contribution is 0.0628. The molecule has 3 aromatic rings. The van der Waals surface area contributed by atoms with E-state index in [0.717, 1.165) is 22.0 Å². The van der Waals surface area contributed by atoms with E-state index in [2.05, 4.69) is 21.1 Å². The van der Waals surface area contributed by atoms with Crippen LogP contribution in [-0.2, 0) is 6.54 Å². The van der Waals surface area contributed by atoms with Gasteiger partial charge in [-0.25, -0.2) is 4.98 Å². The summed E-state index contributed by atoms with van der Waals surface area (Å²) in [5, 5.41) is 17.9. The predicted octanol–water partition coefficient (Wildman–Crippen LogP) is 2.18. The maximum Gasteiger partial charge on any atom is 0.113 e. The Morgan fingerprint density at radius 2 is 2.24 bits per heavy atom. The van der Waals surface area contributed by atoms with Gasteiger partial charge in [0.25, 0.3) is 0 Å². The fourth-order valence-electron chi connectivity index (χ4n) is 2.44. The van der Waals surface area contributed by atoms with E-state index in [0.29, 0.717) is 12.2 Å². The van der Waals surface area contributed by atoms with Crippen molar-refractivity contribution in [1.29, 1.82) is 0 Å². The Hall–Kier alpha value is -2.58. The number of fused-ring (bicyclic) bond motifs is 1. The number of hydrogen-bond donors (Lipinski definition) is 2. The van der Waals surface area contributed by atoms with Crippen molar-refractivity contribution in [3.05, 3.63) is 36.5 Å². The Labute approximate surface area is 122 Å². The Morgan fingerprint density at radius 3 is 2.86 bits per heavy atom. The quantitative estimate of drug-likeness (QED) is 0.723. The lowest BCUT2D eigenvalue weighted by Gasteiger charge is -2.18. The van der Waals surface area contributed by atoms with Crippen LogP contribution in [0.2, 0.25) is 0 Å². The number of nitrogens with one attached hydrogen (secondary N) is 1. The highest BCUT2D eigenvalue weighted by Crippen LogP contribution is 2.31. The fourth-order valence-corrected chi connectivity index (χ4v) is 2.44. The molecule has 0 fully saturated rings. The Kier molecular flexibility index (Phi) is 3.04. The highest BCUT2D eigenvalue weighted by atomic mass is 16.3. The smallest absolute Gasteiger partial charge is 0.113 e. The van der Waals surface area contributed by atoms with E-state index < -0.39 is 5.60 Å². The van der Waals surface area contributed by atoms with Gasteiger partial charge in [0.15, 0.2) is 0 Å². The first-order valence-electron chi connectivity index (χ1n) is 6.65. The molecule has 2 N–H and O–H groups in total. The van der Waals surface area contributed by atoms with Crippen LogP contribution in [0.15, 0.2) is 30.9 Å². The molecule has 3 aromatic heterocycles. The third kappa shape index (κ3) is 2.54. The molecule has 0 atom stereocenters. The highest BCUT2D eigenvalue weighted by molar-refractivity contribution is 5.96. The molecule has 0 aromatic carbocycles. The number of aliphatic hydroxyl groups is 1. The summed E-state index contributed by atoms with van der Waals surface area (Å²) in [5.74, 6) is 2.56. The topological polar surface area (TPSA) is 66.7 Å². The SMILES string of the molecule is C#Cc1cc2c(-c3cn[nH]c3)cn(CC(C)(C)O)c2cn1. The molecule has 3 rings (SSSR count). The van der Waals surface area contributed by atoms with Gasteiger partial charge < -0.3 is 9.67 Å². The van der Waals surface area contributed by atoms with Crippen molar-refractivity contribution in [3.8, 4) is 23.5 Å². The monoisotopic (exact) mass is 280 g/mol. The average Bonchev–Trinajstić information content (AvgIpc) is 3.04. The van der Waals surface area contributed by atoms with Crippen molar-refractivity contribution >= 4 is 10.9 Å². The van der Waals surface area contributed by atoms with E-state index >= 15 is 0 Å². The predicted molar refractivity (Wildman–Crippen MR) is 81.5 cm³/mol. The van der Waals surface area contributed by atoms with Gasteiger partial charge in [-0.1, -0.05) is 5.92 Å². The fraction of sp³-hybridized carbons (Fsp3) is 0.250. The molecule has 0 aliphatic heterocycles. The number of terminal acetylenes is 1. The number of aromatic amines is 1. The van der Waals surface area contributed by atoms with E-state index in [9.17, 15) is 5.11 Å². The summed E-state index contributed by atoms with van der Waals surface area (Å²) >= 11 is 0. The average molecular weight is 280 g/mol. The van der Waals surface area contributed by atoms with Crippen LogP contribution in [0.25, 0.3) is 22.0 Å². The molecule has 0 spiro atoms.